The molecule has 0 saturated heterocycles. The predicted octanol–water partition coefficient (Wildman–Crippen LogP) is 5.93. The zero-order valence-corrected chi connectivity index (χ0v) is 14.6. The van der Waals surface area contributed by atoms with Crippen molar-refractivity contribution >= 4 is 21.8 Å². The first kappa shape index (κ1) is 14.1. The van der Waals surface area contributed by atoms with Crippen LogP contribution in [-0.4, -0.2) is 9.55 Å². The van der Waals surface area contributed by atoms with Gasteiger partial charge in [-0.3, -0.25) is 0 Å². The molecule has 0 saturated carbocycles. The number of hydrogen-bond donors (Lipinski definition) is 0. The molecule has 2 atom stereocenters. The maximum atomic E-state index is 5.07. The van der Waals surface area contributed by atoms with E-state index in [-0.39, 0.29) is 6.04 Å². The fraction of sp³-hybridized carbons (Fsp3) is 0.125. The molecular weight excluding hydrogens is 316 g/mol. The number of aromatic nitrogens is 2. The summed E-state index contributed by atoms with van der Waals surface area (Å²) < 4.78 is 2.43. The van der Waals surface area contributed by atoms with Crippen LogP contribution in [0.15, 0.2) is 78.9 Å². The first-order valence-corrected chi connectivity index (χ1v) is 9.17. The van der Waals surface area contributed by atoms with Gasteiger partial charge in [-0.1, -0.05) is 66.8 Å². The number of allylic oxidation sites excluding steroid dienone is 4. The van der Waals surface area contributed by atoms with E-state index in [1.165, 1.54) is 33.0 Å². The van der Waals surface area contributed by atoms with Crippen LogP contribution >= 0.6 is 0 Å². The molecule has 0 fully saturated rings. The summed E-state index contributed by atoms with van der Waals surface area (Å²) in [6.07, 6.45) is 9.00. The molecule has 0 amide bonds. The number of para-hydroxylation sites is 2. The molecule has 2 heterocycles. The zero-order valence-electron chi connectivity index (χ0n) is 14.6. The van der Waals surface area contributed by atoms with Crippen molar-refractivity contribution in [2.45, 2.75) is 18.9 Å². The highest BCUT2D eigenvalue weighted by Gasteiger charge is 2.35. The number of imidazole rings is 1. The average Bonchev–Trinajstić information content (AvgIpc) is 3.08. The van der Waals surface area contributed by atoms with E-state index < -0.39 is 0 Å². The molecule has 1 aliphatic heterocycles. The minimum atomic E-state index is 0.287. The highest BCUT2D eigenvalue weighted by molar-refractivity contribution is 6.01. The minimum Gasteiger partial charge on any atom is -0.316 e. The molecule has 4 aromatic rings. The second kappa shape index (κ2) is 4.95. The Morgan fingerprint density at radius 1 is 0.885 bits per heavy atom. The van der Waals surface area contributed by atoms with E-state index in [2.05, 4.69) is 90.4 Å². The minimum absolute atomic E-state index is 0.287. The van der Waals surface area contributed by atoms with Crippen LogP contribution in [0.4, 0.5) is 0 Å². The predicted molar refractivity (Wildman–Crippen MR) is 107 cm³/mol. The van der Waals surface area contributed by atoms with Gasteiger partial charge in [-0.05, 0) is 41.0 Å². The Kier molecular flexibility index (Phi) is 2.68. The van der Waals surface area contributed by atoms with Crippen LogP contribution in [0.2, 0.25) is 0 Å². The number of benzene rings is 3. The standard InChI is InChI=1S/C24H18N2/c1-15-14-19-17-9-4-6-12-21(17)26-22-13-7-5-11-20(22)25-24(26)23(19)18-10-3-2-8-16(15)18/h2-14,17,21H,1H3. The van der Waals surface area contributed by atoms with Crippen molar-refractivity contribution in [3.8, 4) is 11.4 Å². The molecule has 0 N–H and O–H groups in total. The van der Waals surface area contributed by atoms with Crippen LogP contribution in [0.5, 0.6) is 0 Å². The summed E-state index contributed by atoms with van der Waals surface area (Å²) >= 11 is 0. The number of rotatable bonds is 0. The zero-order chi connectivity index (χ0) is 17.3. The molecule has 0 radical (unpaired) electrons. The summed E-state index contributed by atoms with van der Waals surface area (Å²) in [5.41, 5.74) is 6.32. The van der Waals surface area contributed by atoms with Crippen LogP contribution in [-0.2, 0) is 0 Å². The number of fused-ring (bicyclic) bond motifs is 10. The molecule has 0 spiro atoms. The maximum Gasteiger partial charge on any atom is 0.142 e. The van der Waals surface area contributed by atoms with E-state index in [1.807, 2.05) is 0 Å². The fourth-order valence-corrected chi connectivity index (χ4v) is 4.75. The summed E-state index contributed by atoms with van der Waals surface area (Å²) in [6, 6.07) is 19.9. The summed E-state index contributed by atoms with van der Waals surface area (Å²) in [7, 11) is 0. The Labute approximate surface area is 152 Å². The van der Waals surface area contributed by atoms with Crippen LogP contribution in [0.1, 0.15) is 23.1 Å². The first-order chi connectivity index (χ1) is 12.8. The lowest BCUT2D eigenvalue weighted by Crippen LogP contribution is -2.23. The van der Waals surface area contributed by atoms with Crippen molar-refractivity contribution in [1.29, 1.82) is 0 Å². The Morgan fingerprint density at radius 2 is 1.65 bits per heavy atom. The van der Waals surface area contributed by atoms with Gasteiger partial charge in [0.25, 0.3) is 0 Å². The van der Waals surface area contributed by atoms with Gasteiger partial charge in [-0.25, -0.2) is 4.98 Å². The normalized spacial score (nSPS) is 20.2. The van der Waals surface area contributed by atoms with Crippen molar-refractivity contribution < 1.29 is 0 Å². The SMILES string of the molecule is Cc1cc2c(c3ccccc13)-c1nc3ccccc3n1C1C=CC=CC21. The first-order valence-electron chi connectivity index (χ1n) is 9.17. The highest BCUT2D eigenvalue weighted by atomic mass is 15.1. The van der Waals surface area contributed by atoms with Gasteiger partial charge in [0.1, 0.15) is 5.82 Å². The van der Waals surface area contributed by atoms with E-state index in [0.29, 0.717) is 5.92 Å². The van der Waals surface area contributed by atoms with E-state index in [0.717, 1.165) is 11.3 Å². The van der Waals surface area contributed by atoms with Gasteiger partial charge < -0.3 is 4.57 Å². The molecule has 2 unspecified atom stereocenters. The number of hydrogen-bond acceptors (Lipinski definition) is 1. The Morgan fingerprint density at radius 3 is 2.58 bits per heavy atom. The molecule has 1 aliphatic carbocycles. The van der Waals surface area contributed by atoms with Crippen LogP contribution in [0.3, 0.4) is 0 Å². The van der Waals surface area contributed by atoms with E-state index in [1.54, 1.807) is 0 Å². The van der Waals surface area contributed by atoms with Gasteiger partial charge in [0, 0.05) is 11.5 Å². The lowest BCUT2D eigenvalue weighted by atomic mass is 9.79. The van der Waals surface area contributed by atoms with Crippen molar-refractivity contribution in [3.05, 3.63) is 90.0 Å². The summed E-state index contributed by atoms with van der Waals surface area (Å²) in [6.45, 7) is 2.22. The van der Waals surface area contributed by atoms with Gasteiger partial charge in [0.15, 0.2) is 0 Å². The molecule has 2 aliphatic rings. The molecule has 2 nitrogen and oxygen atoms in total. The average molecular weight is 334 g/mol. The van der Waals surface area contributed by atoms with Gasteiger partial charge in [-0.15, -0.1) is 0 Å². The molecule has 26 heavy (non-hydrogen) atoms. The quantitative estimate of drug-likeness (QED) is 0.390. The van der Waals surface area contributed by atoms with Crippen LogP contribution < -0.4 is 0 Å². The van der Waals surface area contributed by atoms with Crippen LogP contribution in [0.25, 0.3) is 33.2 Å². The van der Waals surface area contributed by atoms with Gasteiger partial charge in [-0.2, -0.15) is 0 Å². The Balaban J connectivity index is 1.83. The van der Waals surface area contributed by atoms with Crippen molar-refractivity contribution in [2.24, 2.45) is 0 Å². The highest BCUT2D eigenvalue weighted by Crippen LogP contribution is 2.49. The monoisotopic (exact) mass is 334 g/mol. The molecule has 1 aromatic heterocycles. The lowest BCUT2D eigenvalue weighted by molar-refractivity contribution is 0.549. The maximum absolute atomic E-state index is 5.07. The largest absolute Gasteiger partial charge is 0.316 e. The fourth-order valence-electron chi connectivity index (χ4n) is 4.75. The van der Waals surface area contributed by atoms with E-state index in [9.17, 15) is 0 Å². The summed E-state index contributed by atoms with van der Waals surface area (Å²) in [5.74, 6) is 1.45. The van der Waals surface area contributed by atoms with E-state index >= 15 is 0 Å². The molecule has 2 heteroatoms. The third-order valence-electron chi connectivity index (χ3n) is 5.86. The molecular formula is C24H18N2. The van der Waals surface area contributed by atoms with Crippen molar-refractivity contribution in [2.75, 3.05) is 0 Å². The molecule has 124 valence electrons. The Bertz CT molecular complexity index is 1260. The second-order valence-corrected chi connectivity index (χ2v) is 7.28. The molecule has 6 rings (SSSR count). The van der Waals surface area contributed by atoms with Crippen molar-refractivity contribution in [1.82, 2.24) is 9.55 Å². The van der Waals surface area contributed by atoms with Gasteiger partial charge in [0.2, 0.25) is 0 Å². The Hall–Kier alpha value is -3.13. The van der Waals surface area contributed by atoms with Gasteiger partial charge in [0.05, 0.1) is 17.1 Å². The summed E-state index contributed by atoms with van der Waals surface area (Å²) in [5, 5.41) is 2.62. The smallest absolute Gasteiger partial charge is 0.142 e. The van der Waals surface area contributed by atoms with E-state index in [4.69, 9.17) is 4.98 Å². The number of nitrogens with zero attached hydrogens (tertiary/aromatic N) is 2. The second-order valence-electron chi connectivity index (χ2n) is 7.28. The summed E-state index contributed by atoms with van der Waals surface area (Å²) in [4.78, 5) is 5.07. The lowest BCUT2D eigenvalue weighted by Gasteiger charge is -2.34. The third kappa shape index (κ3) is 1.69. The van der Waals surface area contributed by atoms with Crippen molar-refractivity contribution in [3.63, 3.8) is 0 Å². The molecule has 0 bridgehead atoms. The molecule has 3 aromatic carbocycles. The van der Waals surface area contributed by atoms with Crippen LogP contribution in [0, 0.1) is 6.92 Å². The number of aryl methyl sites for hydroxylation is 1. The third-order valence-corrected chi connectivity index (χ3v) is 5.86. The topological polar surface area (TPSA) is 17.8 Å². The van der Waals surface area contributed by atoms with Gasteiger partial charge >= 0.3 is 0 Å².